The standard InChI is InChI=1S/C13H8F3N3O/c14-13(15,16)9-3-1-8(2-4-9)10-7-11-17-6-5-12(20)19(11)18-10/h1-7,18H. The van der Waals surface area contributed by atoms with Crippen LogP contribution in [0.15, 0.2) is 47.4 Å². The molecule has 0 unspecified atom stereocenters. The summed E-state index contributed by atoms with van der Waals surface area (Å²) in [5.41, 5.74) is 0.477. The van der Waals surface area contributed by atoms with Crippen LogP contribution in [0, 0.1) is 0 Å². The summed E-state index contributed by atoms with van der Waals surface area (Å²) in [4.78, 5) is 15.5. The fourth-order valence-corrected chi connectivity index (χ4v) is 1.91. The van der Waals surface area contributed by atoms with E-state index < -0.39 is 11.7 Å². The fourth-order valence-electron chi connectivity index (χ4n) is 1.91. The lowest BCUT2D eigenvalue weighted by Crippen LogP contribution is -2.12. The Labute approximate surface area is 110 Å². The number of benzene rings is 1. The highest BCUT2D eigenvalue weighted by Gasteiger charge is 2.30. The Kier molecular flexibility index (Phi) is 2.63. The van der Waals surface area contributed by atoms with Crippen LogP contribution in [0.2, 0.25) is 0 Å². The first kappa shape index (κ1) is 12.5. The predicted octanol–water partition coefficient (Wildman–Crippen LogP) is 2.71. The van der Waals surface area contributed by atoms with Crippen molar-refractivity contribution in [3.63, 3.8) is 0 Å². The Bertz CT molecular complexity index is 815. The highest BCUT2D eigenvalue weighted by molar-refractivity contribution is 5.64. The molecule has 3 rings (SSSR count). The molecule has 0 atom stereocenters. The summed E-state index contributed by atoms with van der Waals surface area (Å²) >= 11 is 0. The molecule has 0 saturated heterocycles. The van der Waals surface area contributed by atoms with E-state index in [-0.39, 0.29) is 5.56 Å². The Hall–Kier alpha value is -2.57. The normalized spacial score (nSPS) is 11.9. The summed E-state index contributed by atoms with van der Waals surface area (Å²) in [7, 11) is 0. The van der Waals surface area contributed by atoms with Crippen LogP contribution in [0.3, 0.4) is 0 Å². The zero-order chi connectivity index (χ0) is 14.3. The SMILES string of the molecule is O=c1ccnc2cc(-c3ccc(C(F)(F)F)cc3)[nH]n12. The van der Waals surface area contributed by atoms with Gasteiger partial charge in [0.2, 0.25) is 0 Å². The van der Waals surface area contributed by atoms with Crippen LogP contribution in [0.4, 0.5) is 13.2 Å². The van der Waals surface area contributed by atoms with Gasteiger partial charge in [0, 0.05) is 18.3 Å². The summed E-state index contributed by atoms with van der Waals surface area (Å²) in [6.45, 7) is 0. The Morgan fingerprint density at radius 3 is 2.40 bits per heavy atom. The van der Waals surface area contributed by atoms with Gasteiger partial charge >= 0.3 is 6.18 Å². The topological polar surface area (TPSA) is 50.2 Å². The number of aromatic amines is 1. The van der Waals surface area contributed by atoms with Crippen molar-refractivity contribution in [2.24, 2.45) is 0 Å². The van der Waals surface area contributed by atoms with Crippen LogP contribution in [-0.4, -0.2) is 14.6 Å². The molecule has 0 saturated carbocycles. The Morgan fingerprint density at radius 1 is 1.10 bits per heavy atom. The monoisotopic (exact) mass is 279 g/mol. The summed E-state index contributed by atoms with van der Waals surface area (Å²) in [5.74, 6) is 0. The number of alkyl halides is 3. The van der Waals surface area contributed by atoms with Crippen LogP contribution in [0.5, 0.6) is 0 Å². The van der Waals surface area contributed by atoms with Gasteiger partial charge in [0.15, 0.2) is 5.65 Å². The summed E-state index contributed by atoms with van der Waals surface area (Å²) < 4.78 is 38.7. The van der Waals surface area contributed by atoms with Gasteiger partial charge in [0.1, 0.15) is 0 Å². The first-order chi connectivity index (χ1) is 9.45. The summed E-state index contributed by atoms with van der Waals surface area (Å²) in [6.07, 6.45) is -2.99. The molecule has 7 heteroatoms. The molecule has 0 aliphatic carbocycles. The van der Waals surface area contributed by atoms with E-state index in [1.807, 2.05) is 0 Å². The van der Waals surface area contributed by atoms with E-state index in [1.54, 1.807) is 6.07 Å². The molecule has 3 aromatic rings. The second-order valence-electron chi connectivity index (χ2n) is 4.22. The van der Waals surface area contributed by atoms with Gasteiger partial charge < -0.3 is 0 Å². The molecule has 2 aromatic heterocycles. The smallest absolute Gasteiger partial charge is 0.289 e. The average molecular weight is 279 g/mol. The zero-order valence-corrected chi connectivity index (χ0v) is 9.98. The van der Waals surface area contributed by atoms with Crippen molar-refractivity contribution in [2.75, 3.05) is 0 Å². The van der Waals surface area contributed by atoms with Crippen molar-refractivity contribution < 1.29 is 13.2 Å². The van der Waals surface area contributed by atoms with Gasteiger partial charge in [-0.1, -0.05) is 12.1 Å². The molecule has 20 heavy (non-hydrogen) atoms. The molecule has 0 bridgehead atoms. The van der Waals surface area contributed by atoms with E-state index in [1.165, 1.54) is 28.9 Å². The molecule has 0 fully saturated rings. The number of nitrogens with one attached hydrogen (secondary N) is 1. The third kappa shape index (κ3) is 2.07. The maximum Gasteiger partial charge on any atom is 0.416 e. The van der Waals surface area contributed by atoms with Crippen molar-refractivity contribution in [3.05, 3.63) is 58.5 Å². The lowest BCUT2D eigenvalue weighted by Gasteiger charge is -2.06. The largest absolute Gasteiger partial charge is 0.416 e. The van der Waals surface area contributed by atoms with Crippen LogP contribution in [-0.2, 0) is 6.18 Å². The third-order valence-corrected chi connectivity index (χ3v) is 2.90. The first-order valence-electron chi connectivity index (χ1n) is 5.69. The Balaban J connectivity index is 2.07. The number of hydrogen-bond donors (Lipinski definition) is 1. The van der Waals surface area contributed by atoms with Crippen molar-refractivity contribution in [1.29, 1.82) is 0 Å². The molecule has 0 amide bonds. The van der Waals surface area contributed by atoms with E-state index in [9.17, 15) is 18.0 Å². The number of H-pyrrole nitrogens is 1. The number of hydrogen-bond acceptors (Lipinski definition) is 2. The highest BCUT2D eigenvalue weighted by Crippen LogP contribution is 2.30. The number of rotatable bonds is 1. The molecule has 0 aliphatic heterocycles. The van der Waals surface area contributed by atoms with E-state index in [2.05, 4.69) is 10.1 Å². The lowest BCUT2D eigenvalue weighted by atomic mass is 10.1. The number of fused-ring (bicyclic) bond motifs is 1. The molecular weight excluding hydrogens is 271 g/mol. The Morgan fingerprint density at radius 2 is 1.80 bits per heavy atom. The highest BCUT2D eigenvalue weighted by atomic mass is 19.4. The van der Waals surface area contributed by atoms with Gasteiger partial charge in [-0.3, -0.25) is 9.89 Å². The van der Waals surface area contributed by atoms with Crippen LogP contribution in [0.25, 0.3) is 16.9 Å². The molecule has 4 nitrogen and oxygen atoms in total. The molecule has 2 heterocycles. The van der Waals surface area contributed by atoms with Crippen molar-refractivity contribution in [3.8, 4) is 11.3 Å². The van der Waals surface area contributed by atoms with Crippen LogP contribution in [0.1, 0.15) is 5.56 Å². The summed E-state index contributed by atoms with van der Waals surface area (Å²) in [5, 5.41) is 2.80. The number of aromatic nitrogens is 3. The second kappa shape index (κ2) is 4.22. The minimum Gasteiger partial charge on any atom is -0.289 e. The van der Waals surface area contributed by atoms with E-state index >= 15 is 0 Å². The van der Waals surface area contributed by atoms with Gasteiger partial charge in [0.05, 0.1) is 11.3 Å². The van der Waals surface area contributed by atoms with Gasteiger partial charge in [-0.15, -0.1) is 0 Å². The molecule has 102 valence electrons. The maximum absolute atomic E-state index is 12.5. The van der Waals surface area contributed by atoms with Crippen molar-refractivity contribution in [2.45, 2.75) is 6.18 Å². The van der Waals surface area contributed by atoms with E-state index in [0.29, 0.717) is 16.9 Å². The molecule has 1 aromatic carbocycles. The van der Waals surface area contributed by atoms with E-state index in [4.69, 9.17) is 0 Å². The lowest BCUT2D eigenvalue weighted by molar-refractivity contribution is -0.137. The number of nitrogens with zero attached hydrogens (tertiary/aromatic N) is 2. The quantitative estimate of drug-likeness (QED) is 0.744. The number of halogens is 3. The fraction of sp³-hybridized carbons (Fsp3) is 0.0769. The minimum absolute atomic E-state index is 0.284. The van der Waals surface area contributed by atoms with Crippen molar-refractivity contribution in [1.82, 2.24) is 14.6 Å². The zero-order valence-electron chi connectivity index (χ0n) is 9.98. The van der Waals surface area contributed by atoms with Gasteiger partial charge in [0.25, 0.3) is 5.56 Å². The van der Waals surface area contributed by atoms with Gasteiger partial charge in [-0.25, -0.2) is 9.50 Å². The third-order valence-electron chi connectivity index (χ3n) is 2.90. The first-order valence-corrected chi connectivity index (χ1v) is 5.69. The minimum atomic E-state index is -4.36. The molecule has 1 N–H and O–H groups in total. The predicted molar refractivity (Wildman–Crippen MR) is 66.3 cm³/mol. The molecule has 0 spiro atoms. The summed E-state index contributed by atoms with van der Waals surface area (Å²) in [6, 6.07) is 7.58. The second-order valence-corrected chi connectivity index (χ2v) is 4.22. The molecular formula is C13H8F3N3O. The van der Waals surface area contributed by atoms with Crippen molar-refractivity contribution >= 4 is 5.65 Å². The van der Waals surface area contributed by atoms with E-state index in [0.717, 1.165) is 12.1 Å². The van der Waals surface area contributed by atoms with Gasteiger partial charge in [-0.05, 0) is 17.7 Å². The van der Waals surface area contributed by atoms with Crippen LogP contribution < -0.4 is 5.56 Å². The van der Waals surface area contributed by atoms with Gasteiger partial charge in [-0.2, -0.15) is 13.2 Å². The molecule has 0 aliphatic rings. The molecule has 0 radical (unpaired) electrons. The maximum atomic E-state index is 12.5. The average Bonchev–Trinajstić information content (AvgIpc) is 2.83. The van der Waals surface area contributed by atoms with Crippen LogP contribution >= 0.6 is 0 Å².